The maximum absolute atomic E-state index is 8.50. The van der Waals surface area contributed by atoms with Crippen LogP contribution >= 0.6 is 27.5 Å². The zero-order valence-electron chi connectivity index (χ0n) is 6.26. The maximum atomic E-state index is 8.50. The fourth-order valence-corrected chi connectivity index (χ4v) is 1.48. The Morgan fingerprint density at radius 1 is 1.50 bits per heavy atom. The van der Waals surface area contributed by atoms with Gasteiger partial charge in [-0.3, -0.25) is 0 Å². The SMILES string of the molecule is OCCOc1ccc(Br)cc1Cl. The summed E-state index contributed by atoms with van der Waals surface area (Å²) in [7, 11) is 0. The van der Waals surface area contributed by atoms with Crippen LogP contribution in [0.1, 0.15) is 0 Å². The van der Waals surface area contributed by atoms with E-state index in [0.29, 0.717) is 10.8 Å². The average molecular weight is 252 g/mol. The topological polar surface area (TPSA) is 29.5 Å². The van der Waals surface area contributed by atoms with Gasteiger partial charge in [0.1, 0.15) is 12.4 Å². The van der Waals surface area contributed by atoms with E-state index in [-0.39, 0.29) is 13.2 Å². The molecule has 0 aliphatic carbocycles. The van der Waals surface area contributed by atoms with Gasteiger partial charge >= 0.3 is 0 Å². The van der Waals surface area contributed by atoms with Gasteiger partial charge < -0.3 is 9.84 Å². The minimum Gasteiger partial charge on any atom is -0.490 e. The van der Waals surface area contributed by atoms with Crippen molar-refractivity contribution in [1.29, 1.82) is 0 Å². The molecule has 0 heterocycles. The van der Waals surface area contributed by atoms with Crippen LogP contribution in [0, 0.1) is 0 Å². The van der Waals surface area contributed by atoms with Gasteiger partial charge in [-0.05, 0) is 18.2 Å². The lowest BCUT2D eigenvalue weighted by atomic mass is 10.3. The van der Waals surface area contributed by atoms with Crippen LogP contribution in [0.15, 0.2) is 22.7 Å². The number of rotatable bonds is 3. The molecule has 0 radical (unpaired) electrons. The van der Waals surface area contributed by atoms with Gasteiger partial charge in [0.2, 0.25) is 0 Å². The van der Waals surface area contributed by atoms with E-state index in [1.165, 1.54) is 0 Å². The van der Waals surface area contributed by atoms with Gasteiger partial charge in [0.05, 0.1) is 11.6 Å². The summed E-state index contributed by atoms with van der Waals surface area (Å²) in [6.45, 7) is 0.258. The molecule has 2 nitrogen and oxygen atoms in total. The standard InChI is InChI=1S/C8H8BrClO2/c9-6-1-2-8(7(10)5-6)12-4-3-11/h1-2,5,11H,3-4H2. The maximum Gasteiger partial charge on any atom is 0.138 e. The molecule has 0 unspecified atom stereocenters. The van der Waals surface area contributed by atoms with Crippen molar-refractivity contribution >= 4 is 27.5 Å². The van der Waals surface area contributed by atoms with Crippen molar-refractivity contribution in [2.45, 2.75) is 0 Å². The largest absolute Gasteiger partial charge is 0.490 e. The molecule has 66 valence electrons. The quantitative estimate of drug-likeness (QED) is 0.894. The highest BCUT2D eigenvalue weighted by Crippen LogP contribution is 2.27. The number of ether oxygens (including phenoxy) is 1. The monoisotopic (exact) mass is 250 g/mol. The highest BCUT2D eigenvalue weighted by Gasteiger charge is 2.00. The number of benzene rings is 1. The lowest BCUT2D eigenvalue weighted by Gasteiger charge is -2.05. The Morgan fingerprint density at radius 3 is 2.83 bits per heavy atom. The van der Waals surface area contributed by atoms with Gasteiger partial charge in [-0.25, -0.2) is 0 Å². The van der Waals surface area contributed by atoms with Crippen molar-refractivity contribution in [3.8, 4) is 5.75 Å². The molecule has 0 aliphatic heterocycles. The Hall–Kier alpha value is -0.250. The Morgan fingerprint density at radius 2 is 2.25 bits per heavy atom. The molecule has 4 heteroatoms. The lowest BCUT2D eigenvalue weighted by Crippen LogP contribution is -2.01. The third-order valence-electron chi connectivity index (χ3n) is 1.24. The molecule has 1 aromatic carbocycles. The molecule has 0 aromatic heterocycles. The smallest absolute Gasteiger partial charge is 0.138 e. The van der Waals surface area contributed by atoms with E-state index < -0.39 is 0 Å². The minimum atomic E-state index is -0.00755. The third-order valence-corrected chi connectivity index (χ3v) is 2.03. The molecule has 0 atom stereocenters. The number of hydrogen-bond acceptors (Lipinski definition) is 2. The van der Waals surface area contributed by atoms with Crippen molar-refractivity contribution in [3.05, 3.63) is 27.7 Å². The molecule has 0 saturated heterocycles. The summed E-state index contributed by atoms with van der Waals surface area (Å²) in [6.07, 6.45) is 0. The first-order valence-corrected chi connectivity index (χ1v) is 4.60. The molecule has 0 spiro atoms. The summed E-state index contributed by atoms with van der Waals surface area (Å²) in [4.78, 5) is 0. The predicted molar refractivity (Wildman–Crippen MR) is 51.7 cm³/mol. The molecular weight excluding hydrogens is 243 g/mol. The van der Waals surface area contributed by atoms with Gasteiger partial charge in [-0.15, -0.1) is 0 Å². The molecule has 0 bridgehead atoms. The number of aliphatic hydroxyl groups is 1. The van der Waals surface area contributed by atoms with Crippen molar-refractivity contribution < 1.29 is 9.84 Å². The van der Waals surface area contributed by atoms with E-state index in [0.717, 1.165) is 4.47 Å². The fraction of sp³-hybridized carbons (Fsp3) is 0.250. The molecule has 1 aromatic rings. The Labute approximate surface area is 84.2 Å². The van der Waals surface area contributed by atoms with Gasteiger partial charge in [0, 0.05) is 4.47 Å². The molecule has 1 N–H and O–H groups in total. The second-order valence-corrected chi connectivity index (χ2v) is 3.47. The Bertz CT molecular complexity index is 265. The van der Waals surface area contributed by atoms with E-state index in [4.69, 9.17) is 21.4 Å². The molecule has 0 amide bonds. The van der Waals surface area contributed by atoms with Crippen LogP contribution in [-0.2, 0) is 0 Å². The summed E-state index contributed by atoms with van der Waals surface area (Å²) < 4.78 is 6.04. The summed E-state index contributed by atoms with van der Waals surface area (Å²) in [5.41, 5.74) is 0. The Balaban J connectivity index is 2.72. The second-order valence-electron chi connectivity index (χ2n) is 2.15. The molecule has 0 fully saturated rings. The van der Waals surface area contributed by atoms with Gasteiger partial charge in [-0.1, -0.05) is 27.5 Å². The average Bonchev–Trinajstić information content (AvgIpc) is 2.03. The van der Waals surface area contributed by atoms with E-state index in [1.807, 2.05) is 6.07 Å². The van der Waals surface area contributed by atoms with Crippen molar-refractivity contribution in [2.75, 3.05) is 13.2 Å². The lowest BCUT2D eigenvalue weighted by molar-refractivity contribution is 0.201. The summed E-state index contributed by atoms with van der Waals surface area (Å²) in [5.74, 6) is 0.592. The molecule has 12 heavy (non-hydrogen) atoms. The predicted octanol–water partition coefficient (Wildman–Crippen LogP) is 2.47. The van der Waals surface area contributed by atoms with Gasteiger partial charge in [-0.2, -0.15) is 0 Å². The highest BCUT2D eigenvalue weighted by atomic mass is 79.9. The summed E-state index contributed by atoms with van der Waals surface area (Å²) in [5, 5.41) is 9.04. The zero-order chi connectivity index (χ0) is 8.97. The molecule has 1 rings (SSSR count). The van der Waals surface area contributed by atoms with Crippen molar-refractivity contribution in [3.63, 3.8) is 0 Å². The molecule has 0 saturated carbocycles. The number of halogens is 2. The molecular formula is C8H8BrClO2. The van der Waals surface area contributed by atoms with Crippen LogP contribution in [0.2, 0.25) is 5.02 Å². The summed E-state index contributed by atoms with van der Waals surface area (Å²) >= 11 is 9.10. The van der Waals surface area contributed by atoms with Gasteiger partial charge in [0.15, 0.2) is 0 Å². The van der Waals surface area contributed by atoms with Crippen LogP contribution in [0.4, 0.5) is 0 Å². The van der Waals surface area contributed by atoms with Crippen LogP contribution in [-0.4, -0.2) is 18.3 Å². The van der Waals surface area contributed by atoms with Crippen LogP contribution in [0.5, 0.6) is 5.75 Å². The minimum absolute atomic E-state index is 0.00755. The van der Waals surface area contributed by atoms with E-state index in [9.17, 15) is 0 Å². The number of hydrogen-bond donors (Lipinski definition) is 1. The summed E-state index contributed by atoms with van der Waals surface area (Å²) in [6, 6.07) is 5.33. The van der Waals surface area contributed by atoms with E-state index >= 15 is 0 Å². The fourth-order valence-electron chi connectivity index (χ4n) is 0.748. The number of aliphatic hydroxyl groups excluding tert-OH is 1. The van der Waals surface area contributed by atoms with Crippen LogP contribution < -0.4 is 4.74 Å². The molecule has 0 aliphatic rings. The van der Waals surface area contributed by atoms with Gasteiger partial charge in [0.25, 0.3) is 0 Å². The van der Waals surface area contributed by atoms with Crippen molar-refractivity contribution in [2.24, 2.45) is 0 Å². The normalized spacial score (nSPS) is 9.92. The van der Waals surface area contributed by atoms with Crippen LogP contribution in [0.25, 0.3) is 0 Å². The zero-order valence-corrected chi connectivity index (χ0v) is 8.60. The second kappa shape index (κ2) is 4.70. The first kappa shape index (κ1) is 9.84. The van der Waals surface area contributed by atoms with E-state index in [1.54, 1.807) is 12.1 Å². The Kier molecular flexibility index (Phi) is 3.85. The van der Waals surface area contributed by atoms with Crippen molar-refractivity contribution in [1.82, 2.24) is 0 Å². The first-order chi connectivity index (χ1) is 5.74. The highest BCUT2D eigenvalue weighted by molar-refractivity contribution is 9.10. The third kappa shape index (κ3) is 2.66. The first-order valence-electron chi connectivity index (χ1n) is 3.43. The van der Waals surface area contributed by atoms with E-state index in [2.05, 4.69) is 15.9 Å². The van der Waals surface area contributed by atoms with Crippen LogP contribution in [0.3, 0.4) is 0 Å².